The van der Waals surface area contributed by atoms with Gasteiger partial charge in [-0.3, -0.25) is 4.79 Å². The second kappa shape index (κ2) is 7.72. The zero-order chi connectivity index (χ0) is 16.9. The second-order valence-electron chi connectivity index (χ2n) is 6.07. The highest BCUT2D eigenvalue weighted by atomic mass is 32.1. The molecule has 1 aliphatic rings. The largest absolute Gasteiger partial charge is 0.333 e. The first-order valence-corrected chi connectivity index (χ1v) is 9.10. The van der Waals surface area contributed by atoms with Gasteiger partial charge >= 0.3 is 0 Å². The average Bonchev–Trinajstić information content (AvgIpc) is 3.24. The summed E-state index contributed by atoms with van der Waals surface area (Å²) in [5, 5.41) is 9.72. The van der Waals surface area contributed by atoms with Gasteiger partial charge in [0.2, 0.25) is 5.91 Å². The van der Waals surface area contributed by atoms with Crippen molar-refractivity contribution in [1.82, 2.24) is 25.0 Å². The maximum atomic E-state index is 12.8. The fourth-order valence-corrected chi connectivity index (χ4v) is 3.77. The Bertz CT molecular complexity index is 681. The standard InChI is InChI=1S/C17H23N5OS/c1-3-8-21(11-15-5-4-9-24-15)17(23)13(2)20-14-6-7-16-18-12-19-22(16)10-14/h3-5,9,12-14,20H,1,6-8,10-11H2,2H3/t13-,14-/m0/s1. The molecule has 1 amide bonds. The van der Waals surface area contributed by atoms with Crippen LogP contribution in [0.4, 0.5) is 0 Å². The average molecular weight is 345 g/mol. The summed E-state index contributed by atoms with van der Waals surface area (Å²) in [6, 6.07) is 4.07. The summed E-state index contributed by atoms with van der Waals surface area (Å²) in [4.78, 5) is 20.1. The number of hydrogen-bond acceptors (Lipinski definition) is 5. The van der Waals surface area contributed by atoms with Crippen LogP contribution in [-0.2, 0) is 24.3 Å². The van der Waals surface area contributed by atoms with E-state index in [0.29, 0.717) is 13.1 Å². The number of aromatic nitrogens is 3. The molecule has 0 saturated carbocycles. The smallest absolute Gasteiger partial charge is 0.240 e. The van der Waals surface area contributed by atoms with Crippen molar-refractivity contribution >= 4 is 17.2 Å². The number of thiophene rings is 1. The van der Waals surface area contributed by atoms with Crippen LogP contribution in [0.25, 0.3) is 0 Å². The molecular weight excluding hydrogens is 322 g/mol. The molecular formula is C17H23N5OS. The Morgan fingerprint density at radius 1 is 1.67 bits per heavy atom. The van der Waals surface area contributed by atoms with Crippen LogP contribution in [0.2, 0.25) is 0 Å². The van der Waals surface area contributed by atoms with Crippen LogP contribution in [0.3, 0.4) is 0 Å². The van der Waals surface area contributed by atoms with E-state index >= 15 is 0 Å². The van der Waals surface area contributed by atoms with Gasteiger partial charge in [0.05, 0.1) is 19.1 Å². The molecule has 7 heteroatoms. The highest BCUT2D eigenvalue weighted by molar-refractivity contribution is 7.09. The molecule has 3 heterocycles. The minimum Gasteiger partial charge on any atom is -0.333 e. The molecule has 2 atom stereocenters. The maximum Gasteiger partial charge on any atom is 0.240 e. The van der Waals surface area contributed by atoms with Crippen molar-refractivity contribution in [3.05, 3.63) is 47.2 Å². The van der Waals surface area contributed by atoms with Gasteiger partial charge in [0.25, 0.3) is 0 Å². The number of nitrogens with one attached hydrogen (secondary N) is 1. The first-order chi connectivity index (χ1) is 11.7. The SMILES string of the molecule is C=CCN(Cc1cccs1)C(=O)[C@H](C)N[C@H]1CCc2ncnn2C1. The first kappa shape index (κ1) is 16.9. The molecule has 24 heavy (non-hydrogen) atoms. The van der Waals surface area contributed by atoms with Gasteiger partial charge in [-0.05, 0) is 24.8 Å². The topological polar surface area (TPSA) is 63.1 Å². The van der Waals surface area contributed by atoms with E-state index in [-0.39, 0.29) is 18.0 Å². The summed E-state index contributed by atoms with van der Waals surface area (Å²) in [7, 11) is 0. The third-order valence-electron chi connectivity index (χ3n) is 4.25. The zero-order valence-corrected chi connectivity index (χ0v) is 14.7. The van der Waals surface area contributed by atoms with Crippen LogP contribution >= 0.6 is 11.3 Å². The summed E-state index contributed by atoms with van der Waals surface area (Å²) < 4.78 is 1.92. The Balaban J connectivity index is 1.59. The monoisotopic (exact) mass is 345 g/mol. The predicted molar refractivity (Wildman–Crippen MR) is 94.7 cm³/mol. The van der Waals surface area contributed by atoms with Crippen molar-refractivity contribution in [3.8, 4) is 0 Å². The molecule has 0 unspecified atom stereocenters. The number of hydrogen-bond donors (Lipinski definition) is 1. The number of nitrogens with zero attached hydrogens (tertiary/aromatic N) is 4. The van der Waals surface area contributed by atoms with E-state index in [1.54, 1.807) is 23.7 Å². The molecule has 1 N–H and O–H groups in total. The predicted octanol–water partition coefficient (Wildman–Crippen LogP) is 1.85. The van der Waals surface area contributed by atoms with E-state index in [9.17, 15) is 4.79 Å². The fourth-order valence-electron chi connectivity index (χ4n) is 3.05. The van der Waals surface area contributed by atoms with E-state index in [1.807, 2.05) is 28.0 Å². The van der Waals surface area contributed by atoms with Crippen LogP contribution in [-0.4, -0.2) is 44.2 Å². The third kappa shape index (κ3) is 3.91. The molecule has 0 bridgehead atoms. The van der Waals surface area contributed by atoms with Crippen LogP contribution in [0.15, 0.2) is 36.5 Å². The number of aryl methyl sites for hydroxylation is 1. The van der Waals surface area contributed by atoms with E-state index in [2.05, 4.69) is 28.0 Å². The lowest BCUT2D eigenvalue weighted by Crippen LogP contribution is -2.50. The van der Waals surface area contributed by atoms with Gasteiger partial charge in [0, 0.05) is 23.9 Å². The van der Waals surface area contributed by atoms with Gasteiger partial charge in [0.1, 0.15) is 12.2 Å². The van der Waals surface area contributed by atoms with E-state index in [4.69, 9.17) is 0 Å². The van der Waals surface area contributed by atoms with Crippen molar-refractivity contribution in [1.29, 1.82) is 0 Å². The molecule has 0 fully saturated rings. The van der Waals surface area contributed by atoms with Crippen LogP contribution in [0.5, 0.6) is 0 Å². The quantitative estimate of drug-likeness (QED) is 0.778. The highest BCUT2D eigenvalue weighted by Gasteiger charge is 2.26. The molecule has 0 spiro atoms. The van der Waals surface area contributed by atoms with Gasteiger partial charge < -0.3 is 10.2 Å². The lowest BCUT2D eigenvalue weighted by Gasteiger charge is -2.29. The summed E-state index contributed by atoms with van der Waals surface area (Å²) >= 11 is 1.67. The third-order valence-corrected chi connectivity index (χ3v) is 5.11. The fraction of sp³-hybridized carbons (Fsp3) is 0.471. The van der Waals surface area contributed by atoms with E-state index < -0.39 is 0 Å². The van der Waals surface area contributed by atoms with Crippen molar-refractivity contribution in [2.45, 2.75) is 44.9 Å². The Morgan fingerprint density at radius 3 is 3.29 bits per heavy atom. The number of fused-ring (bicyclic) bond motifs is 1. The summed E-state index contributed by atoms with van der Waals surface area (Å²) in [6.45, 7) is 7.66. The van der Waals surface area contributed by atoms with Crippen molar-refractivity contribution < 1.29 is 4.79 Å². The lowest BCUT2D eigenvalue weighted by molar-refractivity contribution is -0.133. The van der Waals surface area contributed by atoms with Crippen molar-refractivity contribution in [2.24, 2.45) is 0 Å². The van der Waals surface area contributed by atoms with Gasteiger partial charge in [-0.1, -0.05) is 12.1 Å². The Morgan fingerprint density at radius 2 is 2.54 bits per heavy atom. The summed E-state index contributed by atoms with van der Waals surface area (Å²) in [5.74, 6) is 1.13. The molecule has 6 nitrogen and oxygen atoms in total. The van der Waals surface area contributed by atoms with Crippen LogP contribution in [0.1, 0.15) is 24.0 Å². The Hall–Kier alpha value is -1.99. The number of rotatable bonds is 7. The first-order valence-electron chi connectivity index (χ1n) is 8.22. The minimum absolute atomic E-state index is 0.104. The molecule has 0 saturated heterocycles. The van der Waals surface area contributed by atoms with Crippen molar-refractivity contribution in [3.63, 3.8) is 0 Å². The van der Waals surface area contributed by atoms with Crippen LogP contribution < -0.4 is 5.32 Å². The minimum atomic E-state index is -0.236. The molecule has 128 valence electrons. The van der Waals surface area contributed by atoms with Gasteiger partial charge in [-0.15, -0.1) is 17.9 Å². The number of carbonyl (C=O) groups is 1. The van der Waals surface area contributed by atoms with E-state index in [0.717, 1.165) is 25.2 Å². The van der Waals surface area contributed by atoms with Gasteiger partial charge in [-0.2, -0.15) is 5.10 Å². The van der Waals surface area contributed by atoms with Gasteiger partial charge in [0.15, 0.2) is 0 Å². The summed E-state index contributed by atoms with van der Waals surface area (Å²) in [6.07, 6.45) is 5.24. The van der Waals surface area contributed by atoms with E-state index in [1.165, 1.54) is 4.88 Å². The number of carbonyl (C=O) groups excluding carboxylic acids is 1. The maximum absolute atomic E-state index is 12.8. The lowest BCUT2D eigenvalue weighted by atomic mass is 10.1. The van der Waals surface area contributed by atoms with Crippen LogP contribution in [0, 0.1) is 0 Å². The highest BCUT2D eigenvalue weighted by Crippen LogP contribution is 2.15. The van der Waals surface area contributed by atoms with Crippen molar-refractivity contribution in [2.75, 3.05) is 6.54 Å². The molecule has 0 aromatic carbocycles. The van der Waals surface area contributed by atoms with Gasteiger partial charge in [-0.25, -0.2) is 9.67 Å². The normalized spacial score (nSPS) is 18.0. The summed E-state index contributed by atoms with van der Waals surface area (Å²) in [5.41, 5.74) is 0. The number of amides is 1. The molecule has 0 aliphatic carbocycles. The molecule has 3 rings (SSSR count). The Kier molecular flexibility index (Phi) is 5.42. The molecule has 0 radical (unpaired) electrons. The Labute approximate surface area is 146 Å². The molecule has 2 aromatic rings. The molecule has 2 aromatic heterocycles. The zero-order valence-electron chi connectivity index (χ0n) is 13.9. The molecule has 1 aliphatic heterocycles. The second-order valence-corrected chi connectivity index (χ2v) is 7.10.